The van der Waals surface area contributed by atoms with Gasteiger partial charge >= 0.3 is 0 Å². The molecule has 1 amide bonds. The van der Waals surface area contributed by atoms with E-state index in [1.165, 1.54) is 18.2 Å². The maximum atomic E-state index is 13.4. The van der Waals surface area contributed by atoms with E-state index in [9.17, 15) is 22.4 Å². The van der Waals surface area contributed by atoms with Gasteiger partial charge in [-0.3, -0.25) is 4.79 Å². The summed E-state index contributed by atoms with van der Waals surface area (Å²) in [5.74, 6) is -5.73. The summed E-state index contributed by atoms with van der Waals surface area (Å²) in [5.41, 5.74) is -0.607. The van der Waals surface area contributed by atoms with Crippen LogP contribution in [0.1, 0.15) is 10.4 Å². The van der Waals surface area contributed by atoms with Crippen molar-refractivity contribution >= 4 is 5.91 Å². The highest BCUT2D eigenvalue weighted by molar-refractivity contribution is 5.94. The fourth-order valence-corrected chi connectivity index (χ4v) is 1.69. The zero-order chi connectivity index (χ0) is 16.1. The molecule has 22 heavy (non-hydrogen) atoms. The van der Waals surface area contributed by atoms with Crippen LogP contribution in [0.25, 0.3) is 0 Å². The van der Waals surface area contributed by atoms with Gasteiger partial charge in [-0.05, 0) is 24.3 Å². The molecule has 0 atom stereocenters. The molecule has 0 fully saturated rings. The molecule has 0 unspecified atom stereocenters. The predicted octanol–water partition coefficient (Wildman–Crippen LogP) is 3.05. The van der Waals surface area contributed by atoms with Gasteiger partial charge in [0.2, 0.25) is 0 Å². The number of carbonyl (C=O) groups excluding carboxylic acids is 1. The van der Waals surface area contributed by atoms with Crippen LogP contribution < -0.4 is 10.1 Å². The third kappa shape index (κ3) is 3.75. The van der Waals surface area contributed by atoms with Gasteiger partial charge in [0.25, 0.3) is 5.91 Å². The Morgan fingerprint density at radius 1 is 1.05 bits per heavy atom. The number of carbonyl (C=O) groups is 1. The zero-order valence-electron chi connectivity index (χ0n) is 11.2. The Labute approximate surface area is 123 Å². The van der Waals surface area contributed by atoms with Crippen molar-refractivity contribution < 1.29 is 27.1 Å². The van der Waals surface area contributed by atoms with Crippen molar-refractivity contribution in [1.82, 2.24) is 5.32 Å². The lowest BCUT2D eigenvalue weighted by atomic mass is 10.2. The van der Waals surface area contributed by atoms with E-state index in [1.807, 2.05) is 0 Å². The van der Waals surface area contributed by atoms with Crippen molar-refractivity contribution in [3.63, 3.8) is 0 Å². The molecule has 7 heteroatoms. The highest BCUT2D eigenvalue weighted by Gasteiger charge is 2.18. The number of nitrogens with one attached hydrogen (secondary N) is 1. The van der Waals surface area contributed by atoms with Gasteiger partial charge in [-0.15, -0.1) is 0 Å². The quantitative estimate of drug-likeness (QED) is 0.523. The van der Waals surface area contributed by atoms with Crippen LogP contribution in [-0.4, -0.2) is 19.1 Å². The molecule has 2 aromatic carbocycles. The Morgan fingerprint density at radius 2 is 1.82 bits per heavy atom. The molecule has 0 spiro atoms. The average molecular weight is 313 g/mol. The molecular weight excluding hydrogens is 302 g/mol. The van der Waals surface area contributed by atoms with Gasteiger partial charge in [-0.1, -0.05) is 6.07 Å². The average Bonchev–Trinajstić information content (AvgIpc) is 2.49. The second kappa shape index (κ2) is 6.93. The molecule has 0 saturated heterocycles. The summed E-state index contributed by atoms with van der Waals surface area (Å²) in [6.07, 6.45) is 0. The van der Waals surface area contributed by atoms with Crippen molar-refractivity contribution in [1.29, 1.82) is 0 Å². The fraction of sp³-hybridized carbons (Fsp3) is 0.133. The second-order valence-corrected chi connectivity index (χ2v) is 4.28. The SMILES string of the molecule is O=C(NCCOc1cccc(F)c1)c1ccc(F)c(F)c1F. The standard InChI is InChI=1S/C15H11F4NO2/c16-9-2-1-3-10(8-9)22-7-6-20-15(21)11-4-5-12(17)14(19)13(11)18/h1-5,8H,6-7H2,(H,20,21). The number of hydrogen-bond donors (Lipinski definition) is 1. The molecule has 2 rings (SSSR count). The van der Waals surface area contributed by atoms with Crippen LogP contribution in [0, 0.1) is 23.3 Å². The van der Waals surface area contributed by atoms with Gasteiger partial charge in [0.15, 0.2) is 17.5 Å². The third-order valence-electron chi connectivity index (χ3n) is 2.73. The number of benzene rings is 2. The van der Waals surface area contributed by atoms with Crippen LogP contribution in [0.5, 0.6) is 5.75 Å². The van der Waals surface area contributed by atoms with Crippen LogP contribution in [-0.2, 0) is 0 Å². The third-order valence-corrected chi connectivity index (χ3v) is 2.73. The first-order chi connectivity index (χ1) is 10.5. The summed E-state index contributed by atoms with van der Waals surface area (Å²) >= 11 is 0. The molecular formula is C15H11F4NO2. The molecule has 0 aliphatic carbocycles. The molecule has 0 saturated carbocycles. The summed E-state index contributed by atoms with van der Waals surface area (Å²) in [6.45, 7) is -0.0196. The first kappa shape index (κ1) is 15.8. The lowest BCUT2D eigenvalue weighted by Crippen LogP contribution is -2.29. The van der Waals surface area contributed by atoms with Gasteiger partial charge in [-0.25, -0.2) is 17.6 Å². The number of rotatable bonds is 5. The maximum absolute atomic E-state index is 13.4. The zero-order valence-corrected chi connectivity index (χ0v) is 11.2. The van der Waals surface area contributed by atoms with E-state index in [0.717, 1.165) is 12.1 Å². The fourth-order valence-electron chi connectivity index (χ4n) is 1.69. The number of ether oxygens (including phenoxy) is 1. The van der Waals surface area contributed by atoms with Gasteiger partial charge in [0.1, 0.15) is 18.2 Å². The van der Waals surface area contributed by atoms with Crippen molar-refractivity contribution in [3.8, 4) is 5.75 Å². The van der Waals surface area contributed by atoms with E-state index in [2.05, 4.69) is 5.32 Å². The Hall–Kier alpha value is -2.57. The highest BCUT2D eigenvalue weighted by atomic mass is 19.2. The first-order valence-electron chi connectivity index (χ1n) is 6.29. The van der Waals surface area contributed by atoms with E-state index < -0.39 is 34.7 Å². The van der Waals surface area contributed by atoms with Gasteiger partial charge in [0, 0.05) is 6.07 Å². The van der Waals surface area contributed by atoms with Crippen LogP contribution >= 0.6 is 0 Å². The normalized spacial score (nSPS) is 10.4. The summed E-state index contributed by atoms with van der Waals surface area (Å²) < 4.78 is 57.2. The molecule has 0 aliphatic rings. The van der Waals surface area contributed by atoms with Crippen LogP contribution in [0.3, 0.4) is 0 Å². The van der Waals surface area contributed by atoms with Crippen LogP contribution in [0.15, 0.2) is 36.4 Å². The Morgan fingerprint density at radius 3 is 2.55 bits per heavy atom. The maximum Gasteiger partial charge on any atom is 0.254 e. The molecule has 0 heterocycles. The molecule has 0 aliphatic heterocycles. The summed E-state index contributed by atoms with van der Waals surface area (Å²) in [7, 11) is 0. The smallest absolute Gasteiger partial charge is 0.254 e. The minimum atomic E-state index is -1.70. The number of amides is 1. The monoisotopic (exact) mass is 313 g/mol. The lowest BCUT2D eigenvalue weighted by Gasteiger charge is -2.08. The summed E-state index contributed by atoms with van der Waals surface area (Å²) in [4.78, 5) is 11.6. The second-order valence-electron chi connectivity index (χ2n) is 4.28. The van der Waals surface area contributed by atoms with E-state index in [1.54, 1.807) is 0 Å². The van der Waals surface area contributed by atoms with Crippen molar-refractivity contribution in [2.75, 3.05) is 13.2 Å². The molecule has 0 aromatic heterocycles. The first-order valence-corrected chi connectivity index (χ1v) is 6.29. The predicted molar refractivity (Wildman–Crippen MR) is 70.5 cm³/mol. The number of halogens is 4. The van der Waals surface area contributed by atoms with E-state index in [0.29, 0.717) is 6.07 Å². The Kier molecular flexibility index (Phi) is 4.98. The van der Waals surface area contributed by atoms with Gasteiger partial charge in [-0.2, -0.15) is 0 Å². The molecule has 3 nitrogen and oxygen atoms in total. The van der Waals surface area contributed by atoms with E-state index >= 15 is 0 Å². The van der Waals surface area contributed by atoms with Crippen molar-refractivity contribution in [2.45, 2.75) is 0 Å². The van der Waals surface area contributed by atoms with Crippen molar-refractivity contribution in [2.24, 2.45) is 0 Å². The Balaban J connectivity index is 1.87. The molecule has 1 N–H and O–H groups in total. The summed E-state index contributed by atoms with van der Waals surface area (Å²) in [6, 6.07) is 6.91. The van der Waals surface area contributed by atoms with E-state index in [-0.39, 0.29) is 18.9 Å². The largest absolute Gasteiger partial charge is 0.492 e. The van der Waals surface area contributed by atoms with Gasteiger partial charge < -0.3 is 10.1 Å². The molecule has 0 radical (unpaired) electrons. The molecule has 116 valence electrons. The topological polar surface area (TPSA) is 38.3 Å². The highest BCUT2D eigenvalue weighted by Crippen LogP contribution is 2.15. The van der Waals surface area contributed by atoms with Crippen LogP contribution in [0.4, 0.5) is 17.6 Å². The van der Waals surface area contributed by atoms with Crippen LogP contribution in [0.2, 0.25) is 0 Å². The molecule has 2 aromatic rings. The van der Waals surface area contributed by atoms with Gasteiger partial charge in [0.05, 0.1) is 12.1 Å². The number of hydrogen-bond acceptors (Lipinski definition) is 2. The summed E-state index contributed by atoms with van der Waals surface area (Å²) in [5, 5.41) is 2.28. The minimum Gasteiger partial charge on any atom is -0.492 e. The van der Waals surface area contributed by atoms with E-state index in [4.69, 9.17) is 4.74 Å². The minimum absolute atomic E-state index is 0.000485. The van der Waals surface area contributed by atoms with Crippen molar-refractivity contribution in [3.05, 3.63) is 65.2 Å². The molecule has 0 bridgehead atoms. The Bertz CT molecular complexity index is 691. The lowest BCUT2D eigenvalue weighted by molar-refractivity contribution is 0.0941.